The van der Waals surface area contributed by atoms with E-state index < -0.39 is 6.04 Å². The number of nitrogens with zero attached hydrogens (tertiary/aromatic N) is 2. The Morgan fingerprint density at radius 3 is 2.30 bits per heavy atom. The number of likely N-dealkylation sites (N-methyl/N-ethyl adjacent to an activating group) is 1. The molecule has 1 aromatic rings. The molecule has 2 rings (SSSR count). The fourth-order valence-electron chi connectivity index (χ4n) is 2.52. The van der Waals surface area contributed by atoms with Gasteiger partial charge in [0.2, 0.25) is 5.91 Å². The van der Waals surface area contributed by atoms with E-state index in [-0.39, 0.29) is 24.3 Å². The van der Waals surface area contributed by atoms with Gasteiger partial charge in [0.15, 0.2) is 0 Å². The Labute approximate surface area is 119 Å². The molecule has 1 heterocycles. The van der Waals surface area contributed by atoms with E-state index in [1.165, 1.54) is 0 Å². The highest BCUT2D eigenvalue weighted by Gasteiger charge is 2.39. The number of hydrogen-bond acceptors (Lipinski definition) is 3. The van der Waals surface area contributed by atoms with Crippen LogP contribution >= 0.6 is 0 Å². The van der Waals surface area contributed by atoms with Crippen molar-refractivity contribution in [2.75, 3.05) is 25.6 Å². The van der Waals surface area contributed by atoms with Crippen molar-refractivity contribution in [3.63, 3.8) is 0 Å². The number of carbonyl (C=O) groups excluding carboxylic acids is 2. The summed E-state index contributed by atoms with van der Waals surface area (Å²) in [5.74, 6) is 0.728. The van der Waals surface area contributed by atoms with E-state index in [0.717, 1.165) is 11.4 Å². The van der Waals surface area contributed by atoms with Crippen LogP contribution in [0.4, 0.5) is 5.69 Å². The predicted molar refractivity (Wildman–Crippen MR) is 76.7 cm³/mol. The summed E-state index contributed by atoms with van der Waals surface area (Å²) >= 11 is 0. The first-order valence-electron chi connectivity index (χ1n) is 6.66. The first kappa shape index (κ1) is 14.4. The number of amides is 2. The fourth-order valence-corrected chi connectivity index (χ4v) is 2.52. The van der Waals surface area contributed by atoms with E-state index in [0.29, 0.717) is 0 Å². The van der Waals surface area contributed by atoms with E-state index in [9.17, 15) is 9.59 Å². The normalized spacial score (nSPS) is 19.8. The lowest BCUT2D eigenvalue weighted by Gasteiger charge is -2.40. The van der Waals surface area contributed by atoms with Gasteiger partial charge in [-0.3, -0.25) is 9.59 Å². The first-order chi connectivity index (χ1) is 9.45. The largest absolute Gasteiger partial charge is 0.497 e. The van der Waals surface area contributed by atoms with Crippen LogP contribution in [0, 0.1) is 5.92 Å². The molecule has 1 saturated heterocycles. The molecular weight excluding hydrogens is 256 g/mol. The summed E-state index contributed by atoms with van der Waals surface area (Å²) in [5.41, 5.74) is 0.725. The van der Waals surface area contributed by atoms with Crippen LogP contribution in [0.5, 0.6) is 5.75 Å². The molecule has 1 aromatic carbocycles. The minimum atomic E-state index is -0.404. The molecule has 0 aromatic heterocycles. The number of ether oxygens (including phenoxy) is 1. The monoisotopic (exact) mass is 276 g/mol. The average Bonchev–Trinajstić information content (AvgIpc) is 2.43. The zero-order valence-electron chi connectivity index (χ0n) is 12.3. The quantitative estimate of drug-likeness (QED) is 0.841. The molecule has 5 nitrogen and oxygen atoms in total. The number of carbonyl (C=O) groups is 2. The fraction of sp³-hybridized carbons (Fsp3) is 0.467. The molecule has 1 aliphatic rings. The zero-order valence-corrected chi connectivity index (χ0v) is 12.3. The van der Waals surface area contributed by atoms with Gasteiger partial charge in [-0.15, -0.1) is 0 Å². The van der Waals surface area contributed by atoms with Crippen LogP contribution in [-0.4, -0.2) is 43.5 Å². The van der Waals surface area contributed by atoms with Gasteiger partial charge < -0.3 is 14.5 Å². The van der Waals surface area contributed by atoms with Crippen LogP contribution < -0.4 is 9.64 Å². The van der Waals surface area contributed by atoms with Crippen LogP contribution in [0.15, 0.2) is 24.3 Å². The van der Waals surface area contributed by atoms with Crippen LogP contribution in [0.3, 0.4) is 0 Å². The van der Waals surface area contributed by atoms with Gasteiger partial charge in [-0.25, -0.2) is 0 Å². The summed E-state index contributed by atoms with van der Waals surface area (Å²) in [5, 5.41) is 0. The number of piperazine rings is 1. The summed E-state index contributed by atoms with van der Waals surface area (Å²) in [6, 6.07) is 6.77. The van der Waals surface area contributed by atoms with Gasteiger partial charge >= 0.3 is 0 Å². The van der Waals surface area contributed by atoms with Crippen LogP contribution in [0.2, 0.25) is 0 Å². The van der Waals surface area contributed by atoms with Crippen molar-refractivity contribution in [1.29, 1.82) is 0 Å². The molecule has 1 fully saturated rings. The lowest BCUT2D eigenvalue weighted by molar-refractivity contribution is -0.143. The zero-order chi connectivity index (χ0) is 14.9. The molecule has 0 radical (unpaired) electrons. The summed E-state index contributed by atoms with van der Waals surface area (Å²) in [7, 11) is 3.28. The third-order valence-electron chi connectivity index (χ3n) is 3.64. The number of methoxy groups -OCH3 is 1. The van der Waals surface area contributed by atoms with Crippen molar-refractivity contribution in [1.82, 2.24) is 4.90 Å². The average molecular weight is 276 g/mol. The highest BCUT2D eigenvalue weighted by molar-refractivity contribution is 6.06. The molecule has 0 unspecified atom stereocenters. The molecule has 0 aliphatic carbocycles. The number of hydrogen-bond donors (Lipinski definition) is 0. The Morgan fingerprint density at radius 2 is 1.80 bits per heavy atom. The summed E-state index contributed by atoms with van der Waals surface area (Å²) < 4.78 is 5.10. The molecule has 0 spiro atoms. The number of rotatable bonds is 3. The molecule has 2 amide bonds. The maximum Gasteiger partial charge on any atom is 0.250 e. The maximum absolute atomic E-state index is 12.6. The lowest BCUT2D eigenvalue weighted by Crippen LogP contribution is -2.60. The van der Waals surface area contributed by atoms with Gasteiger partial charge in [0.25, 0.3) is 5.91 Å². The van der Waals surface area contributed by atoms with Gasteiger partial charge in [-0.05, 0) is 30.2 Å². The van der Waals surface area contributed by atoms with Crippen molar-refractivity contribution in [3.8, 4) is 5.75 Å². The van der Waals surface area contributed by atoms with Gasteiger partial charge in [0.05, 0.1) is 7.11 Å². The second-order valence-corrected chi connectivity index (χ2v) is 5.32. The van der Waals surface area contributed by atoms with E-state index in [4.69, 9.17) is 4.74 Å². The Kier molecular flexibility index (Phi) is 3.97. The third-order valence-corrected chi connectivity index (χ3v) is 3.64. The Morgan fingerprint density at radius 1 is 1.20 bits per heavy atom. The summed E-state index contributed by atoms with van der Waals surface area (Å²) in [6.45, 7) is 3.98. The van der Waals surface area contributed by atoms with E-state index in [1.807, 2.05) is 13.8 Å². The Bertz CT molecular complexity index is 510. The minimum absolute atomic E-state index is 0.0349. The summed E-state index contributed by atoms with van der Waals surface area (Å²) in [6.07, 6.45) is 0. The van der Waals surface area contributed by atoms with E-state index >= 15 is 0 Å². The molecular formula is C15H20N2O3. The van der Waals surface area contributed by atoms with Gasteiger partial charge in [-0.2, -0.15) is 0 Å². The predicted octanol–water partition coefficient (Wildman–Crippen LogP) is 1.52. The molecule has 0 saturated carbocycles. The van der Waals surface area contributed by atoms with Crippen molar-refractivity contribution >= 4 is 17.5 Å². The first-order valence-corrected chi connectivity index (χ1v) is 6.66. The van der Waals surface area contributed by atoms with Gasteiger partial charge in [-0.1, -0.05) is 13.8 Å². The second-order valence-electron chi connectivity index (χ2n) is 5.32. The molecule has 0 bridgehead atoms. The van der Waals surface area contributed by atoms with Crippen LogP contribution in [-0.2, 0) is 9.59 Å². The molecule has 1 atom stereocenters. The molecule has 0 N–H and O–H groups in total. The smallest absolute Gasteiger partial charge is 0.250 e. The third kappa shape index (κ3) is 2.48. The molecule has 5 heteroatoms. The van der Waals surface area contributed by atoms with E-state index in [2.05, 4.69) is 0 Å². The van der Waals surface area contributed by atoms with Crippen molar-refractivity contribution in [2.24, 2.45) is 5.92 Å². The summed E-state index contributed by atoms with van der Waals surface area (Å²) in [4.78, 5) is 27.7. The highest BCUT2D eigenvalue weighted by Crippen LogP contribution is 2.25. The lowest BCUT2D eigenvalue weighted by atomic mass is 9.98. The minimum Gasteiger partial charge on any atom is -0.497 e. The SMILES string of the molecule is COc1ccc(N2CC(=O)N(C)[C@@H](C(C)C)C2=O)cc1. The Hall–Kier alpha value is -2.04. The molecule has 108 valence electrons. The van der Waals surface area contributed by atoms with Crippen molar-refractivity contribution in [3.05, 3.63) is 24.3 Å². The number of anilines is 1. The Balaban J connectivity index is 2.30. The molecule has 20 heavy (non-hydrogen) atoms. The standard InChI is InChI=1S/C15H20N2O3/c1-10(2)14-15(19)17(9-13(18)16(14)3)11-5-7-12(20-4)8-6-11/h5-8,10,14H,9H2,1-4H3/t14-/m0/s1. The number of benzene rings is 1. The van der Waals surface area contributed by atoms with Gasteiger partial charge in [0, 0.05) is 12.7 Å². The topological polar surface area (TPSA) is 49.9 Å². The second kappa shape index (κ2) is 5.53. The van der Waals surface area contributed by atoms with Crippen LogP contribution in [0.25, 0.3) is 0 Å². The highest BCUT2D eigenvalue weighted by atomic mass is 16.5. The van der Waals surface area contributed by atoms with Crippen molar-refractivity contribution < 1.29 is 14.3 Å². The van der Waals surface area contributed by atoms with Gasteiger partial charge in [0.1, 0.15) is 18.3 Å². The van der Waals surface area contributed by atoms with Crippen LogP contribution in [0.1, 0.15) is 13.8 Å². The maximum atomic E-state index is 12.6. The molecule has 1 aliphatic heterocycles. The van der Waals surface area contributed by atoms with E-state index in [1.54, 1.807) is 48.2 Å². The van der Waals surface area contributed by atoms with Crippen molar-refractivity contribution in [2.45, 2.75) is 19.9 Å².